The molecule has 0 unspecified atom stereocenters. The minimum Gasteiger partial charge on any atom is -0.325 e. The minimum atomic E-state index is -0.487. The lowest BCUT2D eigenvalue weighted by Gasteiger charge is -2.09. The third kappa shape index (κ3) is 5.65. The van der Waals surface area contributed by atoms with Gasteiger partial charge in [-0.1, -0.05) is 28.1 Å². The summed E-state index contributed by atoms with van der Waals surface area (Å²) < 4.78 is 14.4. The average molecular weight is 411 g/mol. The molecule has 2 rings (SSSR count). The Kier molecular flexibility index (Phi) is 6.81. The molecule has 0 bridgehead atoms. The van der Waals surface area contributed by atoms with Crippen molar-refractivity contribution in [2.24, 2.45) is 0 Å². The van der Waals surface area contributed by atoms with Gasteiger partial charge in [-0.3, -0.25) is 9.59 Å². The van der Waals surface area contributed by atoms with Crippen LogP contribution in [0.2, 0.25) is 0 Å². The zero-order valence-electron chi connectivity index (χ0n) is 12.9. The number of hydrogen-bond donors (Lipinski definition) is 2. The maximum absolute atomic E-state index is 13.4. The average Bonchev–Trinajstić information content (AvgIpc) is 2.52. The maximum atomic E-state index is 13.4. The third-order valence-electron chi connectivity index (χ3n) is 3.08. The SMILES string of the molecule is Cc1cc(Br)ccc1NC(=O)CSCC(=O)Nc1ccccc1F. The molecule has 0 fully saturated rings. The van der Waals surface area contributed by atoms with E-state index in [-0.39, 0.29) is 29.0 Å². The molecule has 0 aliphatic heterocycles. The molecule has 4 nitrogen and oxygen atoms in total. The van der Waals surface area contributed by atoms with Crippen LogP contribution in [-0.4, -0.2) is 23.3 Å². The molecule has 24 heavy (non-hydrogen) atoms. The number of carbonyl (C=O) groups excluding carboxylic acids is 2. The molecular weight excluding hydrogens is 395 g/mol. The zero-order chi connectivity index (χ0) is 17.5. The first-order chi connectivity index (χ1) is 11.5. The van der Waals surface area contributed by atoms with E-state index < -0.39 is 5.82 Å². The van der Waals surface area contributed by atoms with Gasteiger partial charge < -0.3 is 10.6 Å². The number of carbonyl (C=O) groups is 2. The smallest absolute Gasteiger partial charge is 0.234 e. The molecule has 0 saturated heterocycles. The Morgan fingerprint density at radius 3 is 2.29 bits per heavy atom. The molecule has 2 aromatic carbocycles. The number of thioether (sulfide) groups is 1. The number of amides is 2. The summed E-state index contributed by atoms with van der Waals surface area (Å²) in [5, 5.41) is 5.27. The normalized spacial score (nSPS) is 10.3. The van der Waals surface area contributed by atoms with Gasteiger partial charge in [0.15, 0.2) is 0 Å². The molecule has 0 aliphatic rings. The van der Waals surface area contributed by atoms with Crippen LogP contribution in [0.4, 0.5) is 15.8 Å². The number of aryl methyl sites for hydroxylation is 1. The number of anilines is 2. The Hall–Kier alpha value is -1.86. The van der Waals surface area contributed by atoms with E-state index in [1.54, 1.807) is 12.1 Å². The summed E-state index contributed by atoms with van der Waals surface area (Å²) in [6.07, 6.45) is 0. The molecule has 2 aromatic rings. The van der Waals surface area contributed by atoms with E-state index in [4.69, 9.17) is 0 Å². The summed E-state index contributed by atoms with van der Waals surface area (Å²) in [5.74, 6) is -0.817. The first-order valence-corrected chi connectivity index (χ1v) is 9.08. The van der Waals surface area contributed by atoms with Crippen molar-refractivity contribution < 1.29 is 14.0 Å². The van der Waals surface area contributed by atoms with Crippen LogP contribution in [0.1, 0.15) is 5.56 Å². The van der Waals surface area contributed by atoms with E-state index >= 15 is 0 Å². The van der Waals surface area contributed by atoms with Gasteiger partial charge in [-0.2, -0.15) is 0 Å². The highest BCUT2D eigenvalue weighted by Gasteiger charge is 2.09. The molecule has 0 aromatic heterocycles. The molecule has 0 atom stereocenters. The van der Waals surface area contributed by atoms with E-state index in [9.17, 15) is 14.0 Å². The van der Waals surface area contributed by atoms with E-state index in [0.29, 0.717) is 0 Å². The maximum Gasteiger partial charge on any atom is 0.234 e. The summed E-state index contributed by atoms with van der Waals surface area (Å²) in [5.41, 5.74) is 1.82. The number of nitrogens with one attached hydrogen (secondary N) is 2. The summed E-state index contributed by atoms with van der Waals surface area (Å²) in [7, 11) is 0. The largest absolute Gasteiger partial charge is 0.325 e. The minimum absolute atomic E-state index is 0.0705. The Morgan fingerprint density at radius 2 is 1.67 bits per heavy atom. The fraction of sp³-hybridized carbons (Fsp3) is 0.176. The monoisotopic (exact) mass is 410 g/mol. The van der Waals surface area contributed by atoms with Gasteiger partial charge in [0.05, 0.1) is 17.2 Å². The lowest BCUT2D eigenvalue weighted by molar-refractivity contribution is -0.114. The van der Waals surface area contributed by atoms with Gasteiger partial charge in [0.25, 0.3) is 0 Å². The van der Waals surface area contributed by atoms with Crippen molar-refractivity contribution in [2.75, 3.05) is 22.1 Å². The molecule has 0 aliphatic carbocycles. The highest BCUT2D eigenvalue weighted by atomic mass is 79.9. The molecule has 126 valence electrons. The van der Waals surface area contributed by atoms with Crippen molar-refractivity contribution in [2.45, 2.75) is 6.92 Å². The Labute approximate surface area is 152 Å². The number of para-hydroxylation sites is 1. The first-order valence-electron chi connectivity index (χ1n) is 7.14. The van der Waals surface area contributed by atoms with Gasteiger partial charge in [-0.25, -0.2) is 4.39 Å². The van der Waals surface area contributed by atoms with Gasteiger partial charge in [0, 0.05) is 10.2 Å². The summed E-state index contributed by atoms with van der Waals surface area (Å²) in [6, 6.07) is 11.5. The summed E-state index contributed by atoms with van der Waals surface area (Å²) in [6.45, 7) is 1.90. The van der Waals surface area contributed by atoms with Crippen LogP contribution in [0, 0.1) is 12.7 Å². The molecular formula is C17H16BrFN2O2S. The molecule has 2 N–H and O–H groups in total. The van der Waals surface area contributed by atoms with E-state index in [1.165, 1.54) is 23.9 Å². The van der Waals surface area contributed by atoms with E-state index in [2.05, 4.69) is 26.6 Å². The van der Waals surface area contributed by atoms with Crippen molar-refractivity contribution in [3.05, 3.63) is 58.3 Å². The van der Waals surface area contributed by atoms with Crippen LogP contribution >= 0.6 is 27.7 Å². The van der Waals surface area contributed by atoms with Gasteiger partial charge in [-0.05, 0) is 42.8 Å². The second-order valence-corrected chi connectivity index (χ2v) is 6.93. The lowest BCUT2D eigenvalue weighted by Crippen LogP contribution is -2.19. The predicted octanol–water partition coefficient (Wildman–Crippen LogP) is 4.21. The number of hydrogen-bond acceptors (Lipinski definition) is 3. The number of rotatable bonds is 6. The highest BCUT2D eigenvalue weighted by Crippen LogP contribution is 2.20. The Morgan fingerprint density at radius 1 is 1.04 bits per heavy atom. The predicted molar refractivity (Wildman–Crippen MR) is 99.9 cm³/mol. The molecule has 0 heterocycles. The molecule has 0 saturated carbocycles. The molecule has 0 radical (unpaired) electrons. The van der Waals surface area contributed by atoms with Crippen molar-refractivity contribution in [3.8, 4) is 0 Å². The topological polar surface area (TPSA) is 58.2 Å². The molecule has 2 amide bonds. The fourth-order valence-corrected chi connectivity index (χ4v) is 3.03. The van der Waals surface area contributed by atoms with Gasteiger partial charge in [0.1, 0.15) is 5.82 Å². The highest BCUT2D eigenvalue weighted by molar-refractivity contribution is 9.10. The lowest BCUT2D eigenvalue weighted by atomic mass is 10.2. The summed E-state index contributed by atoms with van der Waals surface area (Å²) >= 11 is 4.53. The second kappa shape index (κ2) is 8.84. The van der Waals surface area contributed by atoms with Crippen LogP contribution in [0.5, 0.6) is 0 Å². The summed E-state index contributed by atoms with van der Waals surface area (Å²) in [4.78, 5) is 23.7. The zero-order valence-corrected chi connectivity index (χ0v) is 15.3. The fourth-order valence-electron chi connectivity index (χ4n) is 1.94. The van der Waals surface area contributed by atoms with Crippen LogP contribution in [0.3, 0.4) is 0 Å². The standard InChI is InChI=1S/C17H16BrFN2O2S/c1-11-8-12(18)6-7-14(11)20-16(22)9-24-10-17(23)21-15-5-3-2-4-13(15)19/h2-8H,9-10H2,1H3,(H,20,22)(H,21,23). The van der Waals surface area contributed by atoms with Gasteiger partial charge in [0.2, 0.25) is 11.8 Å². The Bertz CT molecular complexity index is 755. The van der Waals surface area contributed by atoms with Gasteiger partial charge in [-0.15, -0.1) is 11.8 Å². The van der Waals surface area contributed by atoms with Crippen LogP contribution in [-0.2, 0) is 9.59 Å². The van der Waals surface area contributed by atoms with Crippen molar-refractivity contribution >= 4 is 50.9 Å². The van der Waals surface area contributed by atoms with Crippen molar-refractivity contribution in [1.29, 1.82) is 0 Å². The van der Waals surface area contributed by atoms with Crippen LogP contribution in [0.25, 0.3) is 0 Å². The van der Waals surface area contributed by atoms with Crippen LogP contribution in [0.15, 0.2) is 46.9 Å². The number of halogens is 2. The first kappa shape index (κ1) is 18.5. The van der Waals surface area contributed by atoms with Gasteiger partial charge >= 0.3 is 0 Å². The Balaban J connectivity index is 1.76. The molecule has 0 spiro atoms. The molecule has 7 heteroatoms. The van der Waals surface area contributed by atoms with Crippen LogP contribution < -0.4 is 10.6 Å². The van der Waals surface area contributed by atoms with Crippen molar-refractivity contribution in [3.63, 3.8) is 0 Å². The number of benzene rings is 2. The third-order valence-corrected chi connectivity index (χ3v) is 4.50. The quantitative estimate of drug-likeness (QED) is 0.749. The van der Waals surface area contributed by atoms with Crippen molar-refractivity contribution in [1.82, 2.24) is 0 Å². The van der Waals surface area contributed by atoms with E-state index in [1.807, 2.05) is 25.1 Å². The second-order valence-electron chi connectivity index (χ2n) is 5.03. The van der Waals surface area contributed by atoms with E-state index in [0.717, 1.165) is 15.7 Å².